The summed E-state index contributed by atoms with van der Waals surface area (Å²) in [4.78, 5) is 12.9. The summed E-state index contributed by atoms with van der Waals surface area (Å²) >= 11 is 0. The quantitative estimate of drug-likeness (QED) is 0.0391. The van der Waals surface area contributed by atoms with Crippen LogP contribution in [-0.4, -0.2) is 19.2 Å². The minimum absolute atomic E-state index is 0.382. The summed E-state index contributed by atoms with van der Waals surface area (Å²) in [5, 5.41) is 0. The molecule has 0 aromatic heterocycles. The van der Waals surface area contributed by atoms with Crippen LogP contribution in [0.25, 0.3) is 0 Å². The molecule has 2 rings (SSSR count). The fourth-order valence-corrected chi connectivity index (χ4v) is 7.19. The van der Waals surface area contributed by atoms with Crippen LogP contribution in [0.15, 0.2) is 48.5 Å². The van der Waals surface area contributed by atoms with E-state index in [0.29, 0.717) is 30.3 Å². The van der Waals surface area contributed by atoms with Crippen LogP contribution in [0.5, 0.6) is 17.2 Å². The second-order valence-electron chi connectivity index (χ2n) is 15.7. The number of carbonyl (C=O) groups is 1. The molecule has 0 bridgehead atoms. The summed E-state index contributed by atoms with van der Waals surface area (Å²) in [6.07, 6.45) is 43.3. The molecule has 4 heteroatoms. The zero-order chi connectivity index (χ0) is 37.7. The van der Waals surface area contributed by atoms with Crippen molar-refractivity contribution in [2.75, 3.05) is 13.2 Å². The molecule has 0 fully saturated rings. The third-order valence-corrected chi connectivity index (χ3v) is 10.6. The SMILES string of the molecule is CCCCCCCCCCCCCCCCCCOc1ccc(C(=O)Oc2ccccc2)cc1OCCCCCCCCCCCCCCCCCC. The smallest absolute Gasteiger partial charge is 0.343 e. The Kier molecular flexibility index (Phi) is 31.0. The van der Waals surface area contributed by atoms with Gasteiger partial charge in [-0.2, -0.15) is 0 Å². The van der Waals surface area contributed by atoms with Gasteiger partial charge in [-0.1, -0.05) is 225 Å². The Morgan fingerprint density at radius 2 is 0.736 bits per heavy atom. The molecule has 0 aliphatic rings. The normalized spacial score (nSPS) is 11.2. The highest BCUT2D eigenvalue weighted by Gasteiger charge is 2.14. The van der Waals surface area contributed by atoms with Gasteiger partial charge in [0.15, 0.2) is 11.5 Å². The van der Waals surface area contributed by atoms with Crippen LogP contribution < -0.4 is 14.2 Å². The van der Waals surface area contributed by atoms with E-state index in [1.165, 1.54) is 193 Å². The van der Waals surface area contributed by atoms with Crippen molar-refractivity contribution in [1.29, 1.82) is 0 Å². The molecule has 0 saturated heterocycles. The lowest BCUT2D eigenvalue weighted by molar-refractivity contribution is 0.0734. The second kappa shape index (κ2) is 35.2. The van der Waals surface area contributed by atoms with Crippen LogP contribution in [0.4, 0.5) is 0 Å². The molecule has 0 spiro atoms. The van der Waals surface area contributed by atoms with Crippen molar-refractivity contribution in [2.24, 2.45) is 0 Å². The Balaban J connectivity index is 1.59. The molecule has 0 unspecified atom stereocenters. The highest BCUT2D eigenvalue weighted by molar-refractivity contribution is 5.91. The molecule has 2 aromatic rings. The maximum Gasteiger partial charge on any atom is 0.343 e. The van der Waals surface area contributed by atoms with E-state index in [9.17, 15) is 4.79 Å². The highest BCUT2D eigenvalue weighted by atomic mass is 16.5. The molecule has 2 aromatic carbocycles. The topological polar surface area (TPSA) is 44.8 Å². The van der Waals surface area contributed by atoms with Crippen LogP contribution in [-0.2, 0) is 0 Å². The summed E-state index contributed by atoms with van der Waals surface area (Å²) in [7, 11) is 0. The molecule has 0 saturated carbocycles. The Morgan fingerprint density at radius 1 is 0.396 bits per heavy atom. The molecule has 302 valence electrons. The maximum absolute atomic E-state index is 12.9. The average Bonchev–Trinajstić information content (AvgIpc) is 3.18. The molecule has 4 nitrogen and oxygen atoms in total. The molecule has 0 aliphatic carbocycles. The minimum atomic E-state index is -0.382. The van der Waals surface area contributed by atoms with E-state index >= 15 is 0 Å². The lowest BCUT2D eigenvalue weighted by atomic mass is 10.0. The summed E-state index contributed by atoms with van der Waals surface area (Å²) in [5.74, 6) is 1.52. The number of unbranched alkanes of at least 4 members (excludes halogenated alkanes) is 30. The van der Waals surface area contributed by atoms with E-state index in [4.69, 9.17) is 14.2 Å². The van der Waals surface area contributed by atoms with E-state index in [2.05, 4.69) is 13.8 Å². The number of rotatable bonds is 38. The van der Waals surface area contributed by atoms with Crippen molar-refractivity contribution >= 4 is 5.97 Å². The fourth-order valence-electron chi connectivity index (χ4n) is 7.19. The lowest BCUT2D eigenvalue weighted by Crippen LogP contribution is -2.10. The predicted octanol–water partition coefficient (Wildman–Crippen LogP) is 16.2. The molecule has 0 aliphatic heterocycles. The van der Waals surface area contributed by atoms with Gasteiger partial charge in [-0.25, -0.2) is 4.79 Å². The van der Waals surface area contributed by atoms with E-state index in [1.54, 1.807) is 24.3 Å². The second-order valence-corrected chi connectivity index (χ2v) is 15.7. The molecule has 0 heterocycles. The van der Waals surface area contributed by atoms with Crippen LogP contribution in [0.2, 0.25) is 0 Å². The van der Waals surface area contributed by atoms with Gasteiger partial charge in [-0.05, 0) is 43.2 Å². The summed E-state index contributed by atoms with van der Waals surface area (Å²) in [6.45, 7) is 5.88. The number of hydrogen-bond donors (Lipinski definition) is 0. The monoisotopic (exact) mass is 735 g/mol. The Bertz CT molecular complexity index is 1080. The first kappa shape index (κ1) is 46.7. The van der Waals surface area contributed by atoms with E-state index in [1.807, 2.05) is 24.3 Å². The molecule has 53 heavy (non-hydrogen) atoms. The lowest BCUT2D eigenvalue weighted by Gasteiger charge is -2.14. The predicted molar refractivity (Wildman–Crippen MR) is 228 cm³/mol. The van der Waals surface area contributed by atoms with Crippen LogP contribution in [0.1, 0.15) is 230 Å². The molecular formula is C49H82O4. The standard InChI is InChI=1S/C49H82O4/c1-3-5-7-9-11-13-15-17-19-21-23-25-27-29-31-36-42-51-47-41-40-45(49(50)53-46-38-34-33-35-39-46)44-48(47)52-43-37-32-30-28-26-24-22-20-18-16-14-12-10-8-6-4-2/h33-35,38-41,44H,3-32,36-37,42-43H2,1-2H3. The Labute approximate surface area is 327 Å². The number of para-hydroxylation sites is 1. The number of benzene rings is 2. The third-order valence-electron chi connectivity index (χ3n) is 10.6. The summed E-state index contributed by atoms with van der Waals surface area (Å²) < 4.78 is 18.1. The van der Waals surface area contributed by atoms with Gasteiger partial charge in [0.05, 0.1) is 18.8 Å². The fraction of sp³-hybridized carbons (Fsp3) is 0.735. The zero-order valence-corrected chi connectivity index (χ0v) is 34.8. The van der Waals surface area contributed by atoms with Crippen LogP contribution in [0, 0.1) is 0 Å². The van der Waals surface area contributed by atoms with Crippen molar-refractivity contribution in [3.8, 4) is 17.2 Å². The van der Waals surface area contributed by atoms with Gasteiger partial charge in [0, 0.05) is 0 Å². The average molecular weight is 735 g/mol. The summed E-state index contributed by atoms with van der Waals surface area (Å²) in [6, 6.07) is 14.7. The molecule has 0 radical (unpaired) electrons. The molecule has 0 N–H and O–H groups in total. The van der Waals surface area contributed by atoms with E-state index < -0.39 is 0 Å². The van der Waals surface area contributed by atoms with Crippen molar-refractivity contribution in [3.63, 3.8) is 0 Å². The Hall–Kier alpha value is -2.49. The number of carbonyl (C=O) groups excluding carboxylic acids is 1. The largest absolute Gasteiger partial charge is 0.490 e. The van der Waals surface area contributed by atoms with Gasteiger partial charge >= 0.3 is 5.97 Å². The molecule has 0 atom stereocenters. The maximum atomic E-state index is 12.9. The number of hydrogen-bond acceptors (Lipinski definition) is 4. The van der Waals surface area contributed by atoms with Gasteiger partial charge in [0.25, 0.3) is 0 Å². The van der Waals surface area contributed by atoms with Gasteiger partial charge in [0.1, 0.15) is 5.75 Å². The van der Waals surface area contributed by atoms with E-state index in [0.717, 1.165) is 18.6 Å². The zero-order valence-electron chi connectivity index (χ0n) is 34.8. The van der Waals surface area contributed by atoms with Gasteiger partial charge in [-0.15, -0.1) is 0 Å². The third kappa shape index (κ3) is 26.9. The van der Waals surface area contributed by atoms with E-state index in [-0.39, 0.29) is 5.97 Å². The molecular weight excluding hydrogens is 653 g/mol. The van der Waals surface area contributed by atoms with Crippen molar-refractivity contribution < 1.29 is 19.0 Å². The van der Waals surface area contributed by atoms with Crippen molar-refractivity contribution in [3.05, 3.63) is 54.1 Å². The first-order valence-corrected chi connectivity index (χ1v) is 22.9. The molecule has 0 amide bonds. The van der Waals surface area contributed by atoms with Gasteiger partial charge in [0.2, 0.25) is 0 Å². The number of esters is 1. The first-order valence-electron chi connectivity index (χ1n) is 22.9. The van der Waals surface area contributed by atoms with Gasteiger partial charge < -0.3 is 14.2 Å². The van der Waals surface area contributed by atoms with Crippen molar-refractivity contribution in [1.82, 2.24) is 0 Å². The van der Waals surface area contributed by atoms with Crippen LogP contribution in [0.3, 0.4) is 0 Å². The summed E-state index contributed by atoms with van der Waals surface area (Å²) in [5.41, 5.74) is 0.477. The first-order chi connectivity index (χ1) is 26.2. The Morgan fingerprint density at radius 3 is 1.11 bits per heavy atom. The van der Waals surface area contributed by atoms with Gasteiger partial charge in [-0.3, -0.25) is 0 Å². The number of ether oxygens (including phenoxy) is 3. The highest BCUT2D eigenvalue weighted by Crippen LogP contribution is 2.30. The minimum Gasteiger partial charge on any atom is -0.490 e. The van der Waals surface area contributed by atoms with Crippen LogP contribution >= 0.6 is 0 Å². The van der Waals surface area contributed by atoms with Crippen molar-refractivity contribution in [2.45, 2.75) is 219 Å².